The topological polar surface area (TPSA) is 45.4 Å². The van der Waals surface area contributed by atoms with Gasteiger partial charge in [0.05, 0.1) is 17.6 Å². The molecule has 0 saturated carbocycles. The Balaban J connectivity index is 1.85. The minimum absolute atomic E-state index is 0.00959. The molecule has 0 radical (unpaired) electrons. The molecule has 4 rings (SSSR count). The Morgan fingerprint density at radius 2 is 1.97 bits per heavy atom. The molecule has 2 aromatic rings. The number of rotatable bonds is 5. The van der Waals surface area contributed by atoms with Crippen LogP contribution in [-0.4, -0.2) is 18.2 Å². The minimum Gasteiger partial charge on any atom is -0.457 e. The maximum Gasteiger partial charge on any atom is 0.336 e. The Hall–Kier alpha value is -2.95. The SMILES string of the molecule is CCCCN=C1CC2c3c(ccc(Oc4cc(F)cc(C#N)c4)c31)C(F)(F)C2(F)F. The Kier molecular flexibility index (Phi) is 4.80. The molecule has 0 aliphatic heterocycles. The Labute approximate surface area is 169 Å². The molecule has 2 aromatic carbocycles. The molecule has 8 heteroatoms. The zero-order valence-corrected chi connectivity index (χ0v) is 16.0. The van der Waals surface area contributed by atoms with Gasteiger partial charge in [-0.3, -0.25) is 4.99 Å². The number of hydrogen-bond donors (Lipinski definition) is 0. The number of benzene rings is 2. The van der Waals surface area contributed by atoms with Gasteiger partial charge in [-0.1, -0.05) is 13.3 Å². The number of nitriles is 1. The molecule has 2 aliphatic rings. The molecule has 0 spiro atoms. The van der Waals surface area contributed by atoms with Crippen molar-refractivity contribution in [1.82, 2.24) is 0 Å². The highest BCUT2D eigenvalue weighted by atomic mass is 19.3. The number of nitrogens with zero attached hydrogens (tertiary/aromatic N) is 2. The van der Waals surface area contributed by atoms with Crippen molar-refractivity contribution in [3.8, 4) is 17.6 Å². The summed E-state index contributed by atoms with van der Waals surface area (Å²) in [6.45, 7) is 2.33. The van der Waals surface area contributed by atoms with Gasteiger partial charge in [0, 0.05) is 35.9 Å². The Morgan fingerprint density at radius 3 is 2.67 bits per heavy atom. The minimum atomic E-state index is -4.29. The number of alkyl halides is 4. The van der Waals surface area contributed by atoms with Gasteiger partial charge in [-0.15, -0.1) is 0 Å². The lowest BCUT2D eigenvalue weighted by Gasteiger charge is -2.23. The second-order valence-corrected chi connectivity index (χ2v) is 7.43. The first-order valence-corrected chi connectivity index (χ1v) is 9.56. The van der Waals surface area contributed by atoms with Crippen molar-refractivity contribution in [1.29, 1.82) is 5.26 Å². The van der Waals surface area contributed by atoms with E-state index in [1.54, 1.807) is 6.07 Å². The third-order valence-electron chi connectivity index (χ3n) is 5.48. The second-order valence-electron chi connectivity index (χ2n) is 7.43. The van der Waals surface area contributed by atoms with Gasteiger partial charge < -0.3 is 4.74 Å². The molecule has 156 valence electrons. The van der Waals surface area contributed by atoms with Gasteiger partial charge in [0.15, 0.2) is 0 Å². The highest BCUT2D eigenvalue weighted by Gasteiger charge is 2.70. The Bertz CT molecular complexity index is 1090. The highest BCUT2D eigenvalue weighted by molar-refractivity contribution is 6.08. The van der Waals surface area contributed by atoms with E-state index in [0.29, 0.717) is 6.54 Å². The monoisotopic (exact) mass is 420 g/mol. The maximum absolute atomic E-state index is 14.6. The molecule has 1 atom stereocenters. The molecule has 0 fully saturated rings. The molecule has 1 unspecified atom stereocenters. The third kappa shape index (κ3) is 2.95. The molecule has 3 nitrogen and oxygen atoms in total. The van der Waals surface area contributed by atoms with Crippen LogP contribution in [0.1, 0.15) is 54.4 Å². The van der Waals surface area contributed by atoms with Crippen molar-refractivity contribution >= 4 is 5.71 Å². The van der Waals surface area contributed by atoms with Crippen molar-refractivity contribution in [3.63, 3.8) is 0 Å². The summed E-state index contributed by atoms with van der Waals surface area (Å²) in [6.07, 6.45) is 1.24. The molecule has 0 heterocycles. The van der Waals surface area contributed by atoms with E-state index in [4.69, 9.17) is 10.00 Å². The summed E-state index contributed by atoms with van der Waals surface area (Å²) in [5.74, 6) is -10.9. The summed E-state index contributed by atoms with van der Waals surface area (Å²) in [5.41, 5.74) is -0.469. The number of halogens is 5. The second kappa shape index (κ2) is 7.08. The third-order valence-corrected chi connectivity index (χ3v) is 5.48. The quantitative estimate of drug-likeness (QED) is 0.421. The van der Waals surface area contributed by atoms with Crippen LogP contribution < -0.4 is 4.74 Å². The fourth-order valence-corrected chi connectivity index (χ4v) is 4.05. The van der Waals surface area contributed by atoms with Crippen molar-refractivity contribution in [2.24, 2.45) is 4.99 Å². The maximum atomic E-state index is 14.6. The zero-order valence-electron chi connectivity index (χ0n) is 16.0. The molecule has 0 saturated heterocycles. The lowest BCUT2D eigenvalue weighted by molar-refractivity contribution is -0.213. The molecular weight excluding hydrogens is 403 g/mol. The largest absolute Gasteiger partial charge is 0.457 e. The summed E-state index contributed by atoms with van der Waals surface area (Å²) in [6, 6.07) is 7.24. The van der Waals surface area contributed by atoms with Gasteiger partial charge in [-0.2, -0.15) is 22.8 Å². The standard InChI is InChI=1S/C22H17F5N2O/c1-2-3-6-29-17-10-16-19-15(21(24,25)22(16,26)27)4-5-18(20(17)19)30-14-8-12(11-28)7-13(23)9-14/h4-5,7-9,16H,2-3,6,10H2,1H3. The Morgan fingerprint density at radius 1 is 1.20 bits per heavy atom. The van der Waals surface area contributed by atoms with E-state index in [9.17, 15) is 22.0 Å². The van der Waals surface area contributed by atoms with Crippen LogP contribution in [0.2, 0.25) is 0 Å². The summed E-state index contributed by atoms with van der Waals surface area (Å²) in [5, 5.41) is 9.01. The summed E-state index contributed by atoms with van der Waals surface area (Å²) in [7, 11) is 0. The summed E-state index contributed by atoms with van der Waals surface area (Å²) in [4.78, 5) is 4.38. The molecule has 0 amide bonds. The average Bonchev–Trinajstić information content (AvgIpc) is 3.14. The van der Waals surface area contributed by atoms with Crippen LogP contribution in [0.3, 0.4) is 0 Å². The molecule has 0 aromatic heterocycles. The van der Waals surface area contributed by atoms with E-state index in [-0.39, 0.29) is 40.3 Å². The number of aliphatic imine (C=N–C) groups is 1. The van der Waals surface area contributed by atoms with Crippen LogP contribution in [0, 0.1) is 17.1 Å². The molecule has 2 aliphatic carbocycles. The molecule has 0 bridgehead atoms. The predicted octanol–water partition coefficient (Wildman–Crippen LogP) is 6.31. The number of hydrogen-bond acceptors (Lipinski definition) is 3. The average molecular weight is 420 g/mol. The van der Waals surface area contributed by atoms with Crippen LogP contribution in [0.5, 0.6) is 11.5 Å². The van der Waals surface area contributed by atoms with E-state index < -0.39 is 29.1 Å². The first-order chi connectivity index (χ1) is 14.2. The van der Waals surface area contributed by atoms with Gasteiger partial charge in [0.1, 0.15) is 17.3 Å². The predicted molar refractivity (Wildman–Crippen MR) is 100 cm³/mol. The van der Waals surface area contributed by atoms with Crippen LogP contribution in [0.25, 0.3) is 0 Å². The van der Waals surface area contributed by atoms with Gasteiger partial charge >= 0.3 is 11.8 Å². The molecular formula is C22H17F5N2O. The summed E-state index contributed by atoms with van der Waals surface area (Å²) < 4.78 is 77.4. The van der Waals surface area contributed by atoms with Crippen molar-refractivity contribution in [2.45, 2.75) is 43.9 Å². The van der Waals surface area contributed by atoms with Crippen molar-refractivity contribution < 1.29 is 26.7 Å². The zero-order chi connectivity index (χ0) is 21.7. The first-order valence-electron chi connectivity index (χ1n) is 9.56. The van der Waals surface area contributed by atoms with Crippen LogP contribution in [-0.2, 0) is 5.92 Å². The van der Waals surface area contributed by atoms with Crippen LogP contribution in [0.4, 0.5) is 22.0 Å². The van der Waals surface area contributed by atoms with Gasteiger partial charge in [-0.25, -0.2) is 4.39 Å². The number of unbranched alkanes of at least 4 members (excludes halogenated alkanes) is 1. The van der Waals surface area contributed by atoms with E-state index in [2.05, 4.69) is 4.99 Å². The lowest BCUT2D eigenvalue weighted by atomic mass is 10.0. The first kappa shape index (κ1) is 20.3. The van der Waals surface area contributed by atoms with Gasteiger partial charge in [0.2, 0.25) is 0 Å². The van der Waals surface area contributed by atoms with E-state index >= 15 is 0 Å². The number of ether oxygens (including phenoxy) is 1. The fraction of sp³-hybridized carbons (Fsp3) is 0.364. The molecule has 0 N–H and O–H groups in total. The van der Waals surface area contributed by atoms with Crippen molar-refractivity contribution in [2.75, 3.05) is 6.54 Å². The van der Waals surface area contributed by atoms with Gasteiger partial charge in [0.25, 0.3) is 0 Å². The van der Waals surface area contributed by atoms with Crippen LogP contribution in [0.15, 0.2) is 35.3 Å². The highest BCUT2D eigenvalue weighted by Crippen LogP contribution is 2.64. The van der Waals surface area contributed by atoms with E-state index in [1.807, 2.05) is 6.92 Å². The van der Waals surface area contributed by atoms with Crippen LogP contribution >= 0.6 is 0 Å². The fourth-order valence-electron chi connectivity index (χ4n) is 4.05. The summed E-state index contributed by atoms with van der Waals surface area (Å²) >= 11 is 0. The lowest BCUT2D eigenvalue weighted by Crippen LogP contribution is -2.36. The smallest absolute Gasteiger partial charge is 0.336 e. The van der Waals surface area contributed by atoms with Crippen molar-refractivity contribution in [3.05, 3.63) is 58.4 Å². The van der Waals surface area contributed by atoms with E-state index in [0.717, 1.165) is 31.0 Å². The normalized spacial score (nSPS) is 21.5. The molecule has 30 heavy (non-hydrogen) atoms. The van der Waals surface area contributed by atoms with Gasteiger partial charge in [-0.05, 0) is 36.2 Å². The van der Waals surface area contributed by atoms with E-state index in [1.165, 1.54) is 12.1 Å².